The van der Waals surface area contributed by atoms with E-state index in [9.17, 15) is 0 Å². The van der Waals surface area contributed by atoms with Crippen molar-refractivity contribution in [2.45, 2.75) is 33.1 Å². The van der Waals surface area contributed by atoms with Gasteiger partial charge in [0.1, 0.15) is 0 Å². The zero-order valence-electron chi connectivity index (χ0n) is 6.11. The first-order chi connectivity index (χ1) is 3.31. The van der Waals surface area contributed by atoms with Crippen LogP contribution in [0.2, 0.25) is 0 Å². The van der Waals surface area contributed by atoms with Gasteiger partial charge >= 0.3 is 0 Å². The van der Waals surface area contributed by atoms with E-state index >= 15 is 0 Å². The van der Waals surface area contributed by atoms with Crippen LogP contribution in [0.5, 0.6) is 0 Å². The van der Waals surface area contributed by atoms with Crippen LogP contribution < -0.4 is 0 Å². The molecule has 0 saturated heterocycles. The second kappa shape index (κ2) is 7.62. The Morgan fingerprint density at radius 2 is 2.00 bits per heavy atom. The summed E-state index contributed by atoms with van der Waals surface area (Å²) >= 11 is 0. The van der Waals surface area contributed by atoms with Gasteiger partial charge in [-0.05, 0) is 0 Å². The average Bonchev–Trinajstić information content (AvgIpc) is 1.68. The van der Waals surface area contributed by atoms with Crippen molar-refractivity contribution in [3.05, 3.63) is 6.92 Å². The topological polar surface area (TPSA) is 0 Å². The van der Waals surface area contributed by atoms with Gasteiger partial charge in [0.05, 0.1) is 0 Å². The van der Waals surface area contributed by atoms with Crippen LogP contribution in [0.4, 0.5) is 0 Å². The molecule has 0 radical (unpaired) electrons. The third-order valence-corrected chi connectivity index (χ3v) is 1.27. The van der Waals surface area contributed by atoms with Crippen LogP contribution in [0, 0.1) is 12.8 Å². The third kappa shape index (κ3) is 6.62. The maximum Gasteiger partial charge on any atom is 0 e. The molecule has 1 unspecified atom stereocenters. The molecule has 0 bridgehead atoms. The molecule has 1 heteroatoms. The molecule has 0 N–H and O–H groups in total. The van der Waals surface area contributed by atoms with Gasteiger partial charge in [0.15, 0.2) is 0 Å². The van der Waals surface area contributed by atoms with Gasteiger partial charge in [-0.1, -0.05) is 32.6 Å². The summed E-state index contributed by atoms with van der Waals surface area (Å²) in [6.07, 6.45) is 3.73. The van der Waals surface area contributed by atoms with Gasteiger partial charge in [0.25, 0.3) is 0 Å². The van der Waals surface area contributed by atoms with Crippen molar-refractivity contribution in [1.82, 2.24) is 0 Å². The van der Waals surface area contributed by atoms with E-state index in [4.69, 9.17) is 0 Å². The van der Waals surface area contributed by atoms with Crippen LogP contribution in [0.15, 0.2) is 0 Å². The number of hydrogen-bond acceptors (Lipinski definition) is 0. The van der Waals surface area contributed by atoms with Gasteiger partial charge in [-0.2, -0.15) is 6.42 Å². The molecule has 0 spiro atoms. The van der Waals surface area contributed by atoms with Crippen LogP contribution in [-0.2, 0) is 19.5 Å². The fraction of sp³-hybridized carbons (Fsp3) is 0.857. The summed E-state index contributed by atoms with van der Waals surface area (Å²) in [5.74, 6) is 0.838. The molecule has 8 heavy (non-hydrogen) atoms. The molecular weight excluding hydrogens is 149 g/mol. The molecule has 0 amide bonds. The van der Waals surface area contributed by atoms with Gasteiger partial charge in [-0.15, -0.1) is 0 Å². The summed E-state index contributed by atoms with van der Waals surface area (Å²) in [5, 5.41) is 0. The van der Waals surface area contributed by atoms with E-state index in [1.807, 2.05) is 0 Å². The van der Waals surface area contributed by atoms with Crippen LogP contribution in [0.3, 0.4) is 0 Å². The Balaban J connectivity index is 0. The van der Waals surface area contributed by atoms with Crippen LogP contribution >= 0.6 is 0 Å². The second-order valence-electron chi connectivity index (χ2n) is 2.18. The summed E-state index contributed by atoms with van der Waals surface area (Å²) in [4.78, 5) is 0. The Labute approximate surface area is 65.8 Å². The molecule has 0 saturated carbocycles. The summed E-state index contributed by atoms with van der Waals surface area (Å²) in [7, 11) is 0. The maximum absolute atomic E-state index is 3.80. The minimum absolute atomic E-state index is 0. The Kier molecular flexibility index (Phi) is 10.9. The zero-order chi connectivity index (χ0) is 5.70. The summed E-state index contributed by atoms with van der Waals surface area (Å²) < 4.78 is 0. The summed E-state index contributed by atoms with van der Waals surface area (Å²) in [6.45, 7) is 8.27. The third-order valence-electron chi connectivity index (χ3n) is 1.27. The molecule has 0 fully saturated rings. The normalized spacial score (nSPS) is 12.4. The van der Waals surface area contributed by atoms with Crippen molar-refractivity contribution in [2.24, 2.45) is 5.92 Å². The first-order valence-corrected chi connectivity index (χ1v) is 3.10. The van der Waals surface area contributed by atoms with Gasteiger partial charge in [0.2, 0.25) is 0 Å². The Hall–Kier alpha value is 0.623. The van der Waals surface area contributed by atoms with Crippen LogP contribution in [0.25, 0.3) is 0 Å². The molecule has 46 valence electrons. The van der Waals surface area contributed by atoms with Gasteiger partial charge in [0, 0.05) is 19.5 Å². The average molecular weight is 165 g/mol. The largest absolute Gasteiger partial charge is 0.343 e. The molecular formula is C7H15Zn-. The van der Waals surface area contributed by atoms with Crippen molar-refractivity contribution >= 4 is 0 Å². The van der Waals surface area contributed by atoms with Crippen molar-refractivity contribution in [1.29, 1.82) is 0 Å². The molecule has 0 aliphatic rings. The van der Waals surface area contributed by atoms with Gasteiger partial charge < -0.3 is 6.92 Å². The molecule has 0 rings (SSSR count). The molecule has 0 aromatic rings. The molecule has 0 heterocycles. The Morgan fingerprint density at radius 1 is 1.50 bits per heavy atom. The van der Waals surface area contributed by atoms with E-state index in [1.54, 1.807) is 0 Å². The van der Waals surface area contributed by atoms with Crippen LogP contribution in [0.1, 0.15) is 33.1 Å². The first kappa shape index (κ1) is 11.4. The van der Waals surface area contributed by atoms with Gasteiger partial charge in [-0.3, -0.25) is 0 Å². The number of hydrogen-bond donors (Lipinski definition) is 0. The van der Waals surface area contributed by atoms with E-state index in [1.165, 1.54) is 12.8 Å². The van der Waals surface area contributed by atoms with E-state index in [0.29, 0.717) is 0 Å². The maximum atomic E-state index is 3.80. The number of rotatable bonds is 3. The van der Waals surface area contributed by atoms with Crippen LogP contribution in [-0.4, -0.2) is 0 Å². The monoisotopic (exact) mass is 163 g/mol. The Bertz CT molecular complexity index is 35.4. The summed E-state index contributed by atoms with van der Waals surface area (Å²) in [6, 6.07) is 0. The second-order valence-corrected chi connectivity index (χ2v) is 2.18. The van der Waals surface area contributed by atoms with Gasteiger partial charge in [-0.25, -0.2) is 0 Å². The fourth-order valence-electron chi connectivity index (χ4n) is 0.637. The first-order valence-electron chi connectivity index (χ1n) is 3.10. The molecule has 0 aliphatic heterocycles. The minimum Gasteiger partial charge on any atom is -0.343 e. The molecule has 0 aromatic carbocycles. The summed E-state index contributed by atoms with van der Waals surface area (Å²) in [5.41, 5.74) is 0. The minimum atomic E-state index is 0. The molecule has 1 atom stereocenters. The molecule has 0 aliphatic carbocycles. The van der Waals surface area contributed by atoms with Crippen molar-refractivity contribution in [3.8, 4) is 0 Å². The van der Waals surface area contributed by atoms with E-state index in [2.05, 4.69) is 20.8 Å². The van der Waals surface area contributed by atoms with E-state index in [-0.39, 0.29) is 19.5 Å². The smallest absolute Gasteiger partial charge is 0 e. The zero-order valence-corrected chi connectivity index (χ0v) is 9.08. The molecule has 0 nitrogen and oxygen atoms in total. The van der Waals surface area contributed by atoms with E-state index in [0.717, 1.165) is 12.3 Å². The quantitative estimate of drug-likeness (QED) is 0.445. The SMILES string of the molecule is [CH2-]CC(C)CCC.[Zn]. The predicted molar refractivity (Wildman–Crippen MR) is 34.0 cm³/mol. The van der Waals surface area contributed by atoms with Crippen molar-refractivity contribution < 1.29 is 19.5 Å². The Morgan fingerprint density at radius 3 is 2.12 bits per heavy atom. The standard InChI is InChI=1S/C7H15.Zn/c1-4-6-7(3)5-2;/h7H,2,4-6H2,1,3H3;/q-1;. The predicted octanol–water partition coefficient (Wildman–Crippen LogP) is 2.64. The fourth-order valence-corrected chi connectivity index (χ4v) is 0.637. The van der Waals surface area contributed by atoms with E-state index < -0.39 is 0 Å². The van der Waals surface area contributed by atoms with Crippen molar-refractivity contribution in [3.63, 3.8) is 0 Å². The van der Waals surface area contributed by atoms with Crippen molar-refractivity contribution in [2.75, 3.05) is 0 Å². The molecule has 0 aromatic heterocycles.